The van der Waals surface area contributed by atoms with E-state index in [4.69, 9.17) is 21.1 Å². The van der Waals surface area contributed by atoms with E-state index in [9.17, 15) is 9.59 Å². The summed E-state index contributed by atoms with van der Waals surface area (Å²) >= 11 is 6.03. The predicted molar refractivity (Wildman–Crippen MR) is 74.1 cm³/mol. The van der Waals surface area contributed by atoms with E-state index in [0.717, 1.165) is 0 Å². The number of rotatable bonds is 4. The van der Waals surface area contributed by atoms with Crippen LogP contribution in [0.3, 0.4) is 0 Å². The van der Waals surface area contributed by atoms with Gasteiger partial charge in [-0.1, -0.05) is 11.6 Å². The molecule has 0 aliphatic rings. The lowest BCUT2D eigenvalue weighted by atomic mass is 10.2. The minimum absolute atomic E-state index is 0. The molecule has 0 saturated heterocycles. The van der Waals surface area contributed by atoms with Crippen LogP contribution >= 0.6 is 24.0 Å². The van der Waals surface area contributed by atoms with Crippen LogP contribution in [0.5, 0.6) is 11.5 Å². The molecule has 0 spiro atoms. The number of hydrogen-bond acceptors (Lipinski definition) is 4. The number of nitrogens with one attached hydrogen (secondary N) is 1. The number of ether oxygens (including phenoxy) is 2. The molecule has 106 valence electrons. The van der Waals surface area contributed by atoms with Crippen molar-refractivity contribution >= 4 is 35.9 Å². The molecular formula is C12H15Cl2NO4. The van der Waals surface area contributed by atoms with Crippen LogP contribution in [-0.2, 0) is 16.1 Å². The van der Waals surface area contributed by atoms with Crippen molar-refractivity contribution in [3.05, 3.63) is 22.7 Å². The third-order valence-corrected chi connectivity index (χ3v) is 2.47. The molecule has 19 heavy (non-hydrogen) atoms. The third-order valence-electron chi connectivity index (χ3n) is 2.11. The Morgan fingerprint density at radius 2 is 1.89 bits per heavy atom. The molecule has 7 heteroatoms. The van der Waals surface area contributed by atoms with Crippen LogP contribution in [0, 0.1) is 0 Å². The van der Waals surface area contributed by atoms with Crippen molar-refractivity contribution in [1.29, 1.82) is 0 Å². The van der Waals surface area contributed by atoms with E-state index in [1.807, 2.05) is 0 Å². The van der Waals surface area contributed by atoms with Crippen molar-refractivity contribution in [3.8, 4) is 11.5 Å². The second-order valence-electron chi connectivity index (χ2n) is 3.60. The number of carbonyl (C=O) groups excluding carboxylic acids is 2. The van der Waals surface area contributed by atoms with Gasteiger partial charge in [0.05, 0.1) is 7.11 Å². The zero-order valence-electron chi connectivity index (χ0n) is 10.8. The molecule has 0 bridgehead atoms. The molecule has 0 fully saturated rings. The molecule has 1 rings (SSSR count). The third kappa shape index (κ3) is 5.36. The molecule has 0 atom stereocenters. The van der Waals surface area contributed by atoms with Crippen molar-refractivity contribution in [2.45, 2.75) is 20.4 Å². The number of benzene rings is 1. The summed E-state index contributed by atoms with van der Waals surface area (Å²) in [7, 11) is 1.46. The lowest BCUT2D eigenvalue weighted by molar-refractivity contribution is -0.132. The molecule has 1 N–H and O–H groups in total. The van der Waals surface area contributed by atoms with E-state index in [2.05, 4.69) is 5.32 Å². The van der Waals surface area contributed by atoms with Gasteiger partial charge in [0.25, 0.3) is 0 Å². The first-order chi connectivity index (χ1) is 8.43. The molecule has 0 radical (unpaired) electrons. The van der Waals surface area contributed by atoms with Crippen LogP contribution in [0.4, 0.5) is 0 Å². The summed E-state index contributed by atoms with van der Waals surface area (Å²) in [6.45, 7) is 2.99. The first-order valence-corrected chi connectivity index (χ1v) is 5.61. The highest BCUT2D eigenvalue weighted by Crippen LogP contribution is 2.33. The fourth-order valence-corrected chi connectivity index (χ4v) is 1.55. The van der Waals surface area contributed by atoms with Gasteiger partial charge in [-0.05, 0) is 11.6 Å². The summed E-state index contributed by atoms with van der Waals surface area (Å²) in [5.74, 6) is 0.0181. The van der Waals surface area contributed by atoms with Gasteiger partial charge in [0, 0.05) is 31.5 Å². The molecule has 1 aromatic rings. The first kappa shape index (κ1) is 17.5. The lowest BCUT2D eigenvalue weighted by Crippen LogP contribution is -2.19. The lowest BCUT2D eigenvalue weighted by Gasteiger charge is -2.12. The highest BCUT2D eigenvalue weighted by atomic mass is 35.5. The van der Waals surface area contributed by atoms with E-state index in [0.29, 0.717) is 16.3 Å². The predicted octanol–water partition coefficient (Wildman–Crippen LogP) is 2.33. The Morgan fingerprint density at radius 3 is 2.37 bits per heavy atom. The maximum absolute atomic E-state index is 10.9. The van der Waals surface area contributed by atoms with Gasteiger partial charge in [0.2, 0.25) is 5.91 Å². The summed E-state index contributed by atoms with van der Waals surface area (Å²) in [6, 6.07) is 3.11. The maximum atomic E-state index is 10.9. The van der Waals surface area contributed by atoms with Gasteiger partial charge in [0.1, 0.15) is 0 Å². The Hall–Kier alpha value is -1.46. The van der Waals surface area contributed by atoms with Crippen LogP contribution in [-0.4, -0.2) is 19.0 Å². The highest BCUT2D eigenvalue weighted by Gasteiger charge is 2.12. The molecule has 5 nitrogen and oxygen atoms in total. The van der Waals surface area contributed by atoms with Crippen molar-refractivity contribution in [2.75, 3.05) is 7.11 Å². The zero-order chi connectivity index (χ0) is 13.7. The summed E-state index contributed by atoms with van der Waals surface area (Å²) in [5.41, 5.74) is 0.680. The summed E-state index contributed by atoms with van der Waals surface area (Å²) in [6.07, 6.45) is 0. The van der Waals surface area contributed by atoms with Crippen LogP contribution in [0.25, 0.3) is 0 Å². The molecule has 0 heterocycles. The summed E-state index contributed by atoms with van der Waals surface area (Å²) < 4.78 is 10.1. The smallest absolute Gasteiger partial charge is 0.308 e. The molecular weight excluding hydrogens is 293 g/mol. The minimum Gasteiger partial charge on any atom is -0.493 e. The van der Waals surface area contributed by atoms with E-state index >= 15 is 0 Å². The van der Waals surface area contributed by atoms with E-state index < -0.39 is 5.97 Å². The van der Waals surface area contributed by atoms with E-state index in [1.54, 1.807) is 6.07 Å². The van der Waals surface area contributed by atoms with Gasteiger partial charge in [-0.25, -0.2) is 0 Å². The van der Waals surface area contributed by atoms with Crippen LogP contribution in [0.2, 0.25) is 5.02 Å². The Bertz CT molecular complexity index is 477. The van der Waals surface area contributed by atoms with Gasteiger partial charge in [0.15, 0.2) is 11.5 Å². The largest absolute Gasteiger partial charge is 0.493 e. The Labute approximate surface area is 122 Å². The SMILES string of the molecule is COc1cc(CNC(C)=O)c(Cl)cc1OC(C)=O.Cl. The summed E-state index contributed by atoms with van der Waals surface area (Å²) in [4.78, 5) is 21.8. The normalized spacial score (nSPS) is 9.26. The van der Waals surface area contributed by atoms with Gasteiger partial charge in [-0.2, -0.15) is 0 Å². The zero-order valence-corrected chi connectivity index (χ0v) is 12.4. The van der Waals surface area contributed by atoms with Gasteiger partial charge >= 0.3 is 5.97 Å². The molecule has 0 aromatic heterocycles. The standard InChI is InChI=1S/C12H14ClNO4.ClH/c1-7(15)14-6-9-4-11(17-3)12(5-10(9)13)18-8(2)16;/h4-5H,6H2,1-3H3,(H,14,15);1H. The average molecular weight is 308 g/mol. The molecule has 1 aromatic carbocycles. The molecule has 0 unspecified atom stereocenters. The van der Waals surface area contributed by atoms with Crippen molar-refractivity contribution in [2.24, 2.45) is 0 Å². The topological polar surface area (TPSA) is 64.6 Å². The molecule has 0 aliphatic heterocycles. The quantitative estimate of drug-likeness (QED) is 0.685. The second-order valence-corrected chi connectivity index (χ2v) is 4.01. The average Bonchev–Trinajstić information content (AvgIpc) is 2.27. The van der Waals surface area contributed by atoms with E-state index in [1.165, 1.54) is 27.0 Å². The van der Waals surface area contributed by atoms with Crippen molar-refractivity contribution in [3.63, 3.8) is 0 Å². The first-order valence-electron chi connectivity index (χ1n) is 5.23. The van der Waals surface area contributed by atoms with Crippen molar-refractivity contribution < 1.29 is 19.1 Å². The highest BCUT2D eigenvalue weighted by molar-refractivity contribution is 6.31. The number of methoxy groups -OCH3 is 1. The number of hydrogen-bond donors (Lipinski definition) is 1. The number of halogens is 2. The van der Waals surface area contributed by atoms with Crippen LogP contribution < -0.4 is 14.8 Å². The Balaban J connectivity index is 0.00000324. The van der Waals surface area contributed by atoms with Gasteiger partial charge in [-0.3, -0.25) is 9.59 Å². The van der Waals surface area contributed by atoms with Crippen LogP contribution in [0.15, 0.2) is 12.1 Å². The minimum atomic E-state index is -0.459. The molecule has 1 amide bonds. The monoisotopic (exact) mass is 307 g/mol. The Kier molecular flexibility index (Phi) is 7.26. The fourth-order valence-electron chi connectivity index (χ4n) is 1.33. The fraction of sp³-hybridized carbons (Fsp3) is 0.333. The summed E-state index contributed by atoms with van der Waals surface area (Å²) in [5, 5.41) is 3.02. The van der Waals surface area contributed by atoms with Gasteiger partial charge in [-0.15, -0.1) is 12.4 Å². The van der Waals surface area contributed by atoms with Gasteiger partial charge < -0.3 is 14.8 Å². The number of carbonyl (C=O) groups is 2. The maximum Gasteiger partial charge on any atom is 0.308 e. The van der Waals surface area contributed by atoms with E-state index in [-0.39, 0.29) is 30.6 Å². The number of esters is 1. The van der Waals surface area contributed by atoms with Crippen molar-refractivity contribution in [1.82, 2.24) is 5.32 Å². The number of amides is 1. The molecule has 0 saturated carbocycles. The van der Waals surface area contributed by atoms with Crippen LogP contribution in [0.1, 0.15) is 19.4 Å². The second kappa shape index (κ2) is 7.86. The molecule has 0 aliphatic carbocycles. The Morgan fingerprint density at radius 1 is 1.26 bits per heavy atom.